The first-order valence-electron chi connectivity index (χ1n) is 11.9. The van der Waals surface area contributed by atoms with Crippen molar-refractivity contribution in [3.63, 3.8) is 0 Å². The first kappa shape index (κ1) is 24.7. The van der Waals surface area contributed by atoms with Crippen LogP contribution in [-0.4, -0.2) is 34.7 Å². The number of rotatable bonds is 7. The number of nitrogen functional groups attached to an aromatic ring is 1. The number of amides is 1. The van der Waals surface area contributed by atoms with Crippen LogP contribution in [0.25, 0.3) is 6.08 Å². The Morgan fingerprint density at radius 2 is 1.78 bits per heavy atom. The number of benzene rings is 2. The van der Waals surface area contributed by atoms with Gasteiger partial charge in [-0.1, -0.05) is 24.3 Å². The summed E-state index contributed by atoms with van der Waals surface area (Å²) in [5.74, 6) is 4.02. The van der Waals surface area contributed by atoms with E-state index in [2.05, 4.69) is 32.3 Å². The standard InChI is InChI=1S/C29H29N5O2/c1-3-26(35)34-22-14-9-20(10-15-22)11-18-25-27(29(30)33-19-32-25)28(31-2)21-12-16-24(17-13-21)36-23-7-5-4-6-8-23/h1,4-8,11-13,16-20,22H,9-10,14-15H2,2H3,(H,34,35)(H2,30,32,33)/b18-11-,31-28?. The van der Waals surface area contributed by atoms with Crippen molar-refractivity contribution in [1.82, 2.24) is 15.3 Å². The minimum absolute atomic E-state index is 0.135. The van der Waals surface area contributed by atoms with Crippen molar-refractivity contribution >= 4 is 23.5 Å². The van der Waals surface area contributed by atoms with Crippen LogP contribution in [0.3, 0.4) is 0 Å². The van der Waals surface area contributed by atoms with E-state index >= 15 is 0 Å². The Morgan fingerprint density at radius 3 is 2.44 bits per heavy atom. The zero-order valence-corrected chi connectivity index (χ0v) is 20.2. The van der Waals surface area contributed by atoms with Gasteiger partial charge in [-0.2, -0.15) is 0 Å². The topological polar surface area (TPSA) is 102 Å². The molecule has 0 spiro atoms. The van der Waals surface area contributed by atoms with Crippen molar-refractivity contribution in [2.45, 2.75) is 31.7 Å². The van der Waals surface area contributed by atoms with Crippen LogP contribution in [0.2, 0.25) is 0 Å². The number of nitrogens with two attached hydrogens (primary N) is 1. The highest BCUT2D eigenvalue weighted by Gasteiger charge is 2.21. The van der Waals surface area contributed by atoms with Gasteiger partial charge >= 0.3 is 0 Å². The van der Waals surface area contributed by atoms with Crippen LogP contribution in [0.1, 0.15) is 42.5 Å². The molecule has 1 fully saturated rings. The molecular formula is C29H29N5O2. The molecule has 0 atom stereocenters. The van der Waals surface area contributed by atoms with Gasteiger partial charge in [-0.25, -0.2) is 9.97 Å². The Hall–Kier alpha value is -4.44. The van der Waals surface area contributed by atoms with Crippen LogP contribution in [-0.2, 0) is 4.79 Å². The van der Waals surface area contributed by atoms with Crippen molar-refractivity contribution in [3.8, 4) is 23.8 Å². The van der Waals surface area contributed by atoms with Gasteiger partial charge in [0.05, 0.1) is 17.0 Å². The summed E-state index contributed by atoms with van der Waals surface area (Å²) in [6.45, 7) is 0. The van der Waals surface area contributed by atoms with Gasteiger partial charge in [-0.3, -0.25) is 9.79 Å². The van der Waals surface area contributed by atoms with E-state index in [0.717, 1.165) is 48.4 Å². The van der Waals surface area contributed by atoms with Crippen LogP contribution in [0, 0.1) is 18.3 Å². The number of allylic oxidation sites excluding steroid dienone is 1. The molecule has 0 aliphatic heterocycles. The quantitative estimate of drug-likeness (QED) is 0.380. The first-order valence-corrected chi connectivity index (χ1v) is 11.9. The number of nitrogens with one attached hydrogen (secondary N) is 1. The molecule has 2 aromatic carbocycles. The second kappa shape index (κ2) is 11.8. The van der Waals surface area contributed by atoms with Gasteiger partial charge < -0.3 is 15.8 Å². The number of para-hydroxylation sites is 1. The van der Waals surface area contributed by atoms with Crippen molar-refractivity contribution in [2.75, 3.05) is 12.8 Å². The number of terminal acetylenes is 1. The molecule has 0 bridgehead atoms. The molecule has 3 aromatic rings. The van der Waals surface area contributed by atoms with E-state index in [0.29, 0.717) is 23.0 Å². The third kappa shape index (κ3) is 6.16. The second-order valence-corrected chi connectivity index (χ2v) is 8.62. The van der Waals surface area contributed by atoms with Crippen LogP contribution < -0.4 is 15.8 Å². The van der Waals surface area contributed by atoms with Gasteiger partial charge in [0.15, 0.2) is 0 Å². The molecule has 0 unspecified atom stereocenters. The predicted octanol–water partition coefficient (Wildman–Crippen LogP) is 4.64. The first-order chi connectivity index (χ1) is 17.6. The molecule has 1 heterocycles. The molecule has 7 nitrogen and oxygen atoms in total. The van der Waals surface area contributed by atoms with Crippen LogP contribution in [0.15, 0.2) is 72.0 Å². The van der Waals surface area contributed by atoms with E-state index in [1.54, 1.807) is 7.05 Å². The van der Waals surface area contributed by atoms with Gasteiger partial charge in [0.2, 0.25) is 0 Å². The molecule has 36 heavy (non-hydrogen) atoms. The molecule has 1 aliphatic carbocycles. The maximum absolute atomic E-state index is 11.4. The summed E-state index contributed by atoms with van der Waals surface area (Å²) in [4.78, 5) is 24.7. The van der Waals surface area contributed by atoms with Gasteiger partial charge in [0.1, 0.15) is 23.6 Å². The molecule has 182 valence electrons. The maximum atomic E-state index is 11.4. The van der Waals surface area contributed by atoms with Crippen LogP contribution in [0.5, 0.6) is 11.5 Å². The van der Waals surface area contributed by atoms with Crippen LogP contribution in [0.4, 0.5) is 5.82 Å². The third-order valence-electron chi connectivity index (χ3n) is 6.24. The van der Waals surface area contributed by atoms with Crippen molar-refractivity contribution < 1.29 is 9.53 Å². The van der Waals surface area contributed by atoms with Crippen LogP contribution >= 0.6 is 0 Å². The van der Waals surface area contributed by atoms with Gasteiger partial charge in [-0.05, 0) is 80.0 Å². The monoisotopic (exact) mass is 479 g/mol. The number of nitrogens with zero attached hydrogens (tertiary/aromatic N) is 3. The summed E-state index contributed by atoms with van der Waals surface area (Å²) in [6, 6.07) is 17.5. The average Bonchev–Trinajstić information content (AvgIpc) is 2.91. The number of aromatic nitrogens is 2. The summed E-state index contributed by atoms with van der Waals surface area (Å²) in [5, 5.41) is 2.88. The highest BCUT2D eigenvalue weighted by atomic mass is 16.5. The normalized spacial score (nSPS) is 17.9. The maximum Gasteiger partial charge on any atom is 0.295 e. The van der Waals surface area contributed by atoms with E-state index in [1.165, 1.54) is 6.33 Å². The molecule has 7 heteroatoms. The zero-order chi connectivity index (χ0) is 25.3. The van der Waals surface area contributed by atoms with Gasteiger partial charge in [0, 0.05) is 18.7 Å². The Morgan fingerprint density at radius 1 is 1.08 bits per heavy atom. The minimum atomic E-state index is -0.346. The van der Waals surface area contributed by atoms with E-state index in [-0.39, 0.29) is 11.9 Å². The molecule has 1 aliphatic rings. The van der Waals surface area contributed by atoms with E-state index in [1.807, 2.05) is 60.7 Å². The predicted molar refractivity (Wildman–Crippen MR) is 143 cm³/mol. The summed E-state index contributed by atoms with van der Waals surface area (Å²) < 4.78 is 5.91. The van der Waals surface area contributed by atoms with Crippen molar-refractivity contribution in [3.05, 3.63) is 83.8 Å². The molecule has 1 saturated carbocycles. The minimum Gasteiger partial charge on any atom is -0.457 e. The summed E-state index contributed by atoms with van der Waals surface area (Å²) in [6.07, 6.45) is 14.5. The smallest absolute Gasteiger partial charge is 0.295 e. The summed E-state index contributed by atoms with van der Waals surface area (Å²) in [7, 11) is 1.73. The largest absolute Gasteiger partial charge is 0.457 e. The van der Waals surface area contributed by atoms with Crippen molar-refractivity contribution in [2.24, 2.45) is 10.9 Å². The Kier molecular flexibility index (Phi) is 8.09. The highest BCUT2D eigenvalue weighted by molar-refractivity contribution is 6.16. The fourth-order valence-corrected chi connectivity index (χ4v) is 4.38. The number of hydrogen-bond donors (Lipinski definition) is 2. The molecule has 0 radical (unpaired) electrons. The van der Waals surface area contributed by atoms with E-state index in [4.69, 9.17) is 16.9 Å². The Labute approximate surface area is 211 Å². The summed E-state index contributed by atoms with van der Waals surface area (Å²) in [5.41, 5.74) is 9.32. The number of hydrogen-bond acceptors (Lipinski definition) is 6. The number of carbonyl (C=O) groups excluding carboxylic acids is 1. The van der Waals surface area contributed by atoms with Gasteiger partial charge in [-0.15, -0.1) is 6.42 Å². The zero-order valence-electron chi connectivity index (χ0n) is 20.2. The summed E-state index contributed by atoms with van der Waals surface area (Å²) >= 11 is 0. The van der Waals surface area contributed by atoms with Crippen molar-refractivity contribution in [1.29, 1.82) is 0 Å². The number of aliphatic imine (C=N–C) groups is 1. The lowest BCUT2D eigenvalue weighted by Gasteiger charge is -2.26. The fourth-order valence-electron chi connectivity index (χ4n) is 4.38. The molecule has 3 N–H and O–H groups in total. The fraction of sp³-hybridized carbons (Fsp3) is 0.241. The molecule has 4 rings (SSSR count). The Balaban J connectivity index is 1.49. The molecular weight excluding hydrogens is 450 g/mol. The molecule has 1 aromatic heterocycles. The van der Waals surface area contributed by atoms with Gasteiger partial charge in [0.25, 0.3) is 5.91 Å². The third-order valence-corrected chi connectivity index (χ3v) is 6.24. The SMILES string of the molecule is C#CC(=O)NC1CCC(/C=C\c2ncnc(N)c2C(=NC)c2ccc(Oc3ccccc3)cc2)CC1. The molecule has 1 amide bonds. The highest BCUT2D eigenvalue weighted by Crippen LogP contribution is 2.28. The average molecular weight is 480 g/mol. The van der Waals surface area contributed by atoms with E-state index in [9.17, 15) is 4.79 Å². The lowest BCUT2D eigenvalue weighted by atomic mass is 9.85. The number of ether oxygens (including phenoxy) is 1. The molecule has 0 saturated heterocycles. The lowest BCUT2D eigenvalue weighted by molar-refractivity contribution is -0.116. The number of carbonyl (C=O) groups is 1. The lowest BCUT2D eigenvalue weighted by Crippen LogP contribution is -2.36. The van der Waals surface area contributed by atoms with E-state index < -0.39 is 0 Å². The number of anilines is 1. The Bertz CT molecular complexity index is 1290. The second-order valence-electron chi connectivity index (χ2n) is 8.62.